The average Bonchev–Trinajstić information content (AvgIpc) is 1.73. The summed E-state index contributed by atoms with van der Waals surface area (Å²) in [5.41, 5.74) is 9.88. The van der Waals surface area contributed by atoms with E-state index in [1.807, 2.05) is 0 Å². The summed E-state index contributed by atoms with van der Waals surface area (Å²) in [6, 6.07) is 0. The fraction of sp³-hybridized carbons (Fsp3) is 0.919. The molecule has 0 heterocycles. The molecule has 0 fully saturated rings. The Labute approximate surface area is 959 Å². The van der Waals surface area contributed by atoms with Gasteiger partial charge in [0.2, 0.25) is 0 Å². The third kappa shape index (κ3) is 244. The minimum Gasteiger partial charge on any atom is -0.0880 e. The van der Waals surface area contributed by atoms with Crippen LogP contribution in [-0.4, -0.2) is 0 Å². The highest BCUT2D eigenvalue weighted by molar-refractivity contribution is 5.01. The molecule has 0 unspecified atom stereocenters. The summed E-state index contributed by atoms with van der Waals surface area (Å²) < 4.78 is 0. The molecule has 0 aromatic rings. The zero-order valence-electron chi connectivity index (χ0n) is 110. The predicted octanol–water partition coefficient (Wildman–Crippen LogP) is 58.1. The second kappa shape index (κ2) is 91.2. The van der Waals surface area contributed by atoms with Crippen molar-refractivity contribution >= 4 is 0 Å². The Kier molecular flexibility index (Phi) is 119. The van der Waals surface area contributed by atoms with E-state index < -0.39 is 0 Å². The maximum Gasteiger partial charge on any atom is -0.0174 e. The minimum absolute atomic E-state index is 0. The molecule has 0 nitrogen and oxygen atoms in total. The molecule has 0 atom stereocenters. The summed E-state index contributed by atoms with van der Waals surface area (Å²) >= 11 is 0. The van der Waals surface area contributed by atoms with Crippen LogP contribution in [0.2, 0.25) is 0 Å². The van der Waals surface area contributed by atoms with Gasteiger partial charge >= 0.3 is 0 Å². The lowest BCUT2D eigenvalue weighted by atomic mass is 9.74. The van der Waals surface area contributed by atoms with Crippen molar-refractivity contribution in [3.8, 4) is 0 Å². The van der Waals surface area contributed by atoms with Crippen LogP contribution in [0.25, 0.3) is 0 Å². The minimum atomic E-state index is 0. The van der Waals surface area contributed by atoms with E-state index in [0.717, 1.165) is 0 Å². The number of hydrogen-bond acceptors (Lipinski definition) is 0. The molecule has 148 heavy (non-hydrogen) atoms. The van der Waals surface area contributed by atoms with Crippen LogP contribution in [0.15, 0.2) is 72.9 Å². The summed E-state index contributed by atoms with van der Waals surface area (Å²) in [6.45, 7) is 147. The van der Waals surface area contributed by atoms with Gasteiger partial charge in [-0.3, -0.25) is 0 Å². The Hall–Kier alpha value is -1.56. The monoisotopic (exact) mass is 2100 g/mol. The lowest BCUT2D eigenvalue weighted by Gasteiger charge is -2.31. The highest BCUT2D eigenvalue weighted by Gasteiger charge is 2.26. The van der Waals surface area contributed by atoms with Gasteiger partial charge in [-0.15, -0.1) is 0 Å². The molecular formula is C148H324. The lowest BCUT2D eigenvalue weighted by Crippen LogP contribution is -2.20. The molecule has 0 aliphatic heterocycles. The van der Waals surface area contributed by atoms with Gasteiger partial charge in [-0.05, 0) is 267 Å². The van der Waals surface area contributed by atoms with Crippen LogP contribution >= 0.6 is 0 Å². The van der Waals surface area contributed by atoms with Crippen LogP contribution in [0.5, 0.6) is 0 Å². The third-order valence-corrected chi connectivity index (χ3v) is 22.9. The fourth-order valence-corrected chi connectivity index (χ4v) is 14.8. The van der Waals surface area contributed by atoms with Crippen molar-refractivity contribution in [2.24, 2.45) is 119 Å². The highest BCUT2D eigenvalue weighted by atomic mass is 14.3. The Morgan fingerprint density at radius 1 is 0.115 bits per heavy atom. The van der Waals surface area contributed by atoms with Gasteiger partial charge < -0.3 is 0 Å². The van der Waals surface area contributed by atoms with E-state index in [-0.39, 0.29) is 74.3 Å². The standard InChI is InChI=1S/2C15H30.C15H32.C15H30.C14H30.C14H28.C13H28.C13H26.C12H26.C12H24.10CH4/c1-13(2,3)9-11-15(7,8)12-10-14(4,5)6;1-13(2,3)10-9-11-15(7,8)12-14(4,5)6;2*1-14(2,3)12-10-8-7-9-11-13-15(4,5)6;2*1-13(2,3)11-9-7-8-10-12-14(4,5)6;2*1-12(2,3)10-8-7-9-11-13(4,5)6;2*1-11(2,3)9-7-8-10-12(4,5)6;;;;;;;;;;/h9,11H,10,12H2,1-8H3;9-10H,11-12H2,1-8H3;7-13H2,1-6H3;10,12H,7-9,11,13H2,1-6H3;7-12H2,1-6H3;9,11H,7-8,10,12H2,1-6H3;7-11H2,1-6H3;8,10H,7,9,11H2,1-6H3;7-10H2,1-6H3;7,9H,8,10H2,1-6H3;10*1H4/b11-9+;10-9+;;12-10+;;11-9+;;10-8+;;9-7+;;;;;;;;;;. The molecule has 0 N–H and O–H groups in total. The molecule has 0 saturated carbocycles. The van der Waals surface area contributed by atoms with Gasteiger partial charge in [0.05, 0.1) is 0 Å². The second-order valence-electron chi connectivity index (χ2n) is 68.7. The second-order valence-corrected chi connectivity index (χ2v) is 68.7. The van der Waals surface area contributed by atoms with Gasteiger partial charge in [0.15, 0.2) is 0 Å². The average molecular weight is 2100 g/mol. The van der Waals surface area contributed by atoms with Crippen LogP contribution < -0.4 is 0 Å². The molecule has 0 heteroatoms. The summed E-state index contributed by atoms with van der Waals surface area (Å²) in [5.74, 6) is 0. The van der Waals surface area contributed by atoms with E-state index in [2.05, 4.69) is 516 Å². The number of rotatable bonds is 38. The summed E-state index contributed by atoms with van der Waals surface area (Å²) in [4.78, 5) is 0. The molecule has 0 rings (SSSR count). The van der Waals surface area contributed by atoms with Gasteiger partial charge in [0, 0.05) is 0 Å². The maximum absolute atomic E-state index is 2.39. The van der Waals surface area contributed by atoms with Crippen molar-refractivity contribution in [1.29, 1.82) is 0 Å². The van der Waals surface area contributed by atoms with Crippen molar-refractivity contribution in [2.45, 2.75) is 774 Å². The Morgan fingerprint density at radius 3 is 0.459 bits per heavy atom. The van der Waals surface area contributed by atoms with Gasteiger partial charge in [-0.25, -0.2) is 0 Å². The lowest BCUT2D eigenvalue weighted by molar-refractivity contribution is 0.214. The SMILES string of the molecule is C.C.C.C.C.C.C.C.C.C.CC(C)(C)/C=C/C(C)(C)CCC(C)(C)C.CC(C)(C)/C=C/CC(C)(C)CC(C)(C)C.CC(C)(C)/C=C/CCC(C)(C)C.CC(C)(C)/C=C/CCCC(C)(C)C.CC(C)(C)/C=C/CCCCC(C)(C)C.CC(C)(C)/C=C/CCCCCC(C)(C)C.CC(C)(C)CCCCC(C)(C)C.CC(C)(C)CCCCCC(C)(C)C.CC(C)(C)CCCCCCC(C)(C)C.CC(C)(C)CCCCCCCC(C)(C)C. The van der Waals surface area contributed by atoms with Crippen molar-refractivity contribution < 1.29 is 0 Å². The molecule has 0 saturated heterocycles. The van der Waals surface area contributed by atoms with E-state index in [1.165, 1.54) is 257 Å². The third-order valence-electron chi connectivity index (χ3n) is 22.9. The van der Waals surface area contributed by atoms with Crippen molar-refractivity contribution in [3.05, 3.63) is 72.9 Å². The Balaban J connectivity index is -0.0000000679. The fourth-order valence-electron chi connectivity index (χ4n) is 14.8. The molecule has 0 aliphatic carbocycles. The molecular weight excluding hydrogens is 1780 g/mol. The van der Waals surface area contributed by atoms with Crippen LogP contribution in [0, 0.1) is 119 Å². The Bertz CT molecular complexity index is 2800. The van der Waals surface area contributed by atoms with E-state index in [0.29, 0.717) is 119 Å². The van der Waals surface area contributed by atoms with E-state index in [9.17, 15) is 0 Å². The van der Waals surface area contributed by atoms with E-state index >= 15 is 0 Å². The first-order valence-electron chi connectivity index (χ1n) is 58.6. The predicted molar refractivity (Wildman–Crippen MR) is 723 cm³/mol. The van der Waals surface area contributed by atoms with Crippen LogP contribution in [0.4, 0.5) is 0 Å². The molecule has 0 bridgehead atoms. The smallest absolute Gasteiger partial charge is 0.0174 e. The zero-order chi connectivity index (χ0) is 112. The first-order chi connectivity index (χ1) is 60.5. The topological polar surface area (TPSA) is 0 Å². The largest absolute Gasteiger partial charge is 0.0880 e. The Morgan fingerprint density at radius 2 is 0.264 bits per heavy atom. The number of hydrogen-bond donors (Lipinski definition) is 0. The van der Waals surface area contributed by atoms with Gasteiger partial charge in [0.1, 0.15) is 0 Å². The first-order valence-corrected chi connectivity index (χ1v) is 58.6. The molecule has 916 valence electrons. The summed E-state index contributed by atoms with van der Waals surface area (Å²) in [7, 11) is 0. The molecule has 0 aromatic carbocycles. The zero-order valence-corrected chi connectivity index (χ0v) is 110. The highest BCUT2D eigenvalue weighted by Crippen LogP contribution is 2.39. The van der Waals surface area contributed by atoms with Gasteiger partial charge in [-0.1, -0.05) is 699 Å². The molecule has 0 aliphatic rings. The number of allylic oxidation sites excluding steroid dienone is 12. The van der Waals surface area contributed by atoms with Crippen molar-refractivity contribution in [2.75, 3.05) is 0 Å². The first kappa shape index (κ1) is 194. The van der Waals surface area contributed by atoms with E-state index in [4.69, 9.17) is 0 Å². The molecule has 0 aromatic heterocycles. The van der Waals surface area contributed by atoms with Crippen LogP contribution in [-0.2, 0) is 0 Å². The quantitative estimate of drug-likeness (QED) is 0.0427. The summed E-state index contributed by atoms with van der Waals surface area (Å²) in [5, 5.41) is 0. The molecule has 0 amide bonds. The molecule has 0 spiro atoms. The normalized spacial score (nSPS) is 13.0. The maximum atomic E-state index is 2.39. The molecule has 0 radical (unpaired) electrons. The van der Waals surface area contributed by atoms with Crippen molar-refractivity contribution in [3.63, 3.8) is 0 Å². The van der Waals surface area contributed by atoms with Crippen LogP contribution in [0.3, 0.4) is 0 Å². The van der Waals surface area contributed by atoms with Gasteiger partial charge in [-0.2, -0.15) is 0 Å². The summed E-state index contributed by atoms with van der Waals surface area (Å²) in [6.07, 6.45) is 82.2. The van der Waals surface area contributed by atoms with Crippen LogP contribution in [0.1, 0.15) is 774 Å². The van der Waals surface area contributed by atoms with Gasteiger partial charge in [0.25, 0.3) is 0 Å². The van der Waals surface area contributed by atoms with E-state index in [1.54, 1.807) is 0 Å². The number of unbranched alkanes of at least 4 members (excludes halogenated alkanes) is 16. The van der Waals surface area contributed by atoms with Crippen molar-refractivity contribution in [1.82, 2.24) is 0 Å².